The molecule has 0 amide bonds. The molecule has 1 rings (SSSR count). The summed E-state index contributed by atoms with van der Waals surface area (Å²) in [5, 5.41) is 3.34. The highest BCUT2D eigenvalue weighted by atomic mass is 16.5. The number of methoxy groups -OCH3 is 1. The highest BCUT2D eigenvalue weighted by Gasteiger charge is 1.97. The molecule has 0 aliphatic rings. The SMILES string of the molecule is COCCNCc1ccc(C)cc1C. The number of benzene rings is 1. The van der Waals surface area contributed by atoms with E-state index in [0.717, 1.165) is 19.7 Å². The van der Waals surface area contributed by atoms with Crippen molar-refractivity contribution in [2.75, 3.05) is 20.3 Å². The maximum atomic E-state index is 4.97. The van der Waals surface area contributed by atoms with Gasteiger partial charge in [0, 0.05) is 20.2 Å². The van der Waals surface area contributed by atoms with Crippen LogP contribution < -0.4 is 5.32 Å². The quantitative estimate of drug-likeness (QED) is 0.723. The van der Waals surface area contributed by atoms with E-state index >= 15 is 0 Å². The van der Waals surface area contributed by atoms with Gasteiger partial charge in [-0.3, -0.25) is 0 Å². The third-order valence-corrected chi connectivity index (χ3v) is 2.30. The van der Waals surface area contributed by atoms with Crippen molar-refractivity contribution >= 4 is 0 Å². The lowest BCUT2D eigenvalue weighted by atomic mass is 10.1. The van der Waals surface area contributed by atoms with Crippen molar-refractivity contribution in [2.45, 2.75) is 20.4 Å². The third-order valence-electron chi connectivity index (χ3n) is 2.30. The van der Waals surface area contributed by atoms with E-state index in [1.165, 1.54) is 16.7 Å². The molecule has 14 heavy (non-hydrogen) atoms. The minimum absolute atomic E-state index is 0.769. The highest BCUT2D eigenvalue weighted by Crippen LogP contribution is 2.09. The molecule has 1 aromatic carbocycles. The van der Waals surface area contributed by atoms with Crippen LogP contribution in [-0.2, 0) is 11.3 Å². The minimum atomic E-state index is 0.769. The van der Waals surface area contributed by atoms with E-state index in [1.54, 1.807) is 7.11 Å². The molecule has 0 heterocycles. The molecule has 0 fully saturated rings. The third kappa shape index (κ3) is 3.48. The second-order valence-electron chi connectivity index (χ2n) is 3.60. The Morgan fingerprint density at radius 2 is 2.07 bits per heavy atom. The van der Waals surface area contributed by atoms with Crippen LogP contribution >= 0.6 is 0 Å². The van der Waals surface area contributed by atoms with Gasteiger partial charge >= 0.3 is 0 Å². The summed E-state index contributed by atoms with van der Waals surface area (Å²) in [7, 11) is 1.72. The molecule has 2 heteroatoms. The smallest absolute Gasteiger partial charge is 0.0587 e. The number of hydrogen-bond acceptors (Lipinski definition) is 2. The van der Waals surface area contributed by atoms with Gasteiger partial charge in [-0.15, -0.1) is 0 Å². The van der Waals surface area contributed by atoms with Gasteiger partial charge in [-0.25, -0.2) is 0 Å². The molecule has 0 saturated carbocycles. The molecule has 0 radical (unpaired) electrons. The van der Waals surface area contributed by atoms with Crippen molar-refractivity contribution in [3.05, 3.63) is 34.9 Å². The van der Waals surface area contributed by atoms with Crippen molar-refractivity contribution in [3.63, 3.8) is 0 Å². The first-order valence-electron chi connectivity index (χ1n) is 5.00. The predicted octanol–water partition coefficient (Wildman–Crippen LogP) is 2.04. The fourth-order valence-corrected chi connectivity index (χ4v) is 1.44. The molecule has 0 atom stereocenters. The molecule has 0 saturated heterocycles. The van der Waals surface area contributed by atoms with Crippen LogP contribution in [-0.4, -0.2) is 20.3 Å². The second kappa shape index (κ2) is 5.78. The molecule has 0 aromatic heterocycles. The Bertz CT molecular complexity index is 284. The summed E-state index contributed by atoms with van der Waals surface area (Å²) in [6.45, 7) is 6.87. The number of nitrogens with one attached hydrogen (secondary N) is 1. The largest absolute Gasteiger partial charge is 0.383 e. The maximum Gasteiger partial charge on any atom is 0.0587 e. The van der Waals surface area contributed by atoms with Crippen molar-refractivity contribution in [1.82, 2.24) is 5.32 Å². The fraction of sp³-hybridized carbons (Fsp3) is 0.500. The van der Waals surface area contributed by atoms with Gasteiger partial charge in [0.15, 0.2) is 0 Å². The van der Waals surface area contributed by atoms with Crippen molar-refractivity contribution in [1.29, 1.82) is 0 Å². The van der Waals surface area contributed by atoms with E-state index < -0.39 is 0 Å². The molecule has 0 aliphatic carbocycles. The molecule has 2 nitrogen and oxygen atoms in total. The summed E-state index contributed by atoms with van der Waals surface area (Å²) in [5.74, 6) is 0. The Balaban J connectivity index is 2.42. The summed E-state index contributed by atoms with van der Waals surface area (Å²) in [4.78, 5) is 0. The van der Waals surface area contributed by atoms with Crippen LogP contribution in [0.2, 0.25) is 0 Å². The van der Waals surface area contributed by atoms with Crippen LogP contribution in [0.1, 0.15) is 16.7 Å². The first-order chi connectivity index (χ1) is 6.74. The van der Waals surface area contributed by atoms with Gasteiger partial charge in [0.05, 0.1) is 6.61 Å². The van der Waals surface area contributed by atoms with Crippen LogP contribution in [0.4, 0.5) is 0 Å². The molecule has 0 bridgehead atoms. The minimum Gasteiger partial charge on any atom is -0.383 e. The summed E-state index contributed by atoms with van der Waals surface area (Å²) in [5.41, 5.74) is 4.05. The van der Waals surface area contributed by atoms with Crippen LogP contribution in [0.3, 0.4) is 0 Å². The van der Waals surface area contributed by atoms with E-state index in [4.69, 9.17) is 4.74 Å². The molecule has 0 unspecified atom stereocenters. The van der Waals surface area contributed by atoms with E-state index in [9.17, 15) is 0 Å². The Morgan fingerprint density at radius 3 is 2.71 bits per heavy atom. The topological polar surface area (TPSA) is 21.3 Å². The molecule has 1 aromatic rings. The van der Waals surface area contributed by atoms with Crippen LogP contribution in [0, 0.1) is 13.8 Å². The molecular weight excluding hydrogens is 174 g/mol. The maximum absolute atomic E-state index is 4.97. The first-order valence-corrected chi connectivity index (χ1v) is 5.00. The van der Waals surface area contributed by atoms with Gasteiger partial charge in [0.25, 0.3) is 0 Å². The van der Waals surface area contributed by atoms with Crippen molar-refractivity contribution in [2.24, 2.45) is 0 Å². The van der Waals surface area contributed by atoms with Gasteiger partial charge in [-0.2, -0.15) is 0 Å². The van der Waals surface area contributed by atoms with E-state index in [0.29, 0.717) is 0 Å². The van der Waals surface area contributed by atoms with E-state index in [1.807, 2.05) is 0 Å². The molecule has 0 aliphatic heterocycles. The highest BCUT2D eigenvalue weighted by molar-refractivity contribution is 5.30. The van der Waals surface area contributed by atoms with Crippen molar-refractivity contribution < 1.29 is 4.74 Å². The number of aryl methyl sites for hydroxylation is 2. The second-order valence-corrected chi connectivity index (χ2v) is 3.60. The van der Waals surface area contributed by atoms with Crippen molar-refractivity contribution in [3.8, 4) is 0 Å². The van der Waals surface area contributed by atoms with Crippen LogP contribution in [0.25, 0.3) is 0 Å². The zero-order valence-corrected chi connectivity index (χ0v) is 9.26. The van der Waals surface area contributed by atoms with Gasteiger partial charge in [0.1, 0.15) is 0 Å². The molecule has 1 N–H and O–H groups in total. The standard InChI is InChI=1S/C12H19NO/c1-10-4-5-12(11(2)8-10)9-13-6-7-14-3/h4-5,8,13H,6-7,9H2,1-3H3. The number of ether oxygens (including phenoxy) is 1. The van der Waals surface area contributed by atoms with Gasteiger partial charge < -0.3 is 10.1 Å². The van der Waals surface area contributed by atoms with E-state index in [2.05, 4.69) is 37.4 Å². The van der Waals surface area contributed by atoms with Gasteiger partial charge in [0.2, 0.25) is 0 Å². The zero-order chi connectivity index (χ0) is 10.4. The molecular formula is C12H19NO. The zero-order valence-electron chi connectivity index (χ0n) is 9.26. The monoisotopic (exact) mass is 193 g/mol. The van der Waals surface area contributed by atoms with Gasteiger partial charge in [-0.05, 0) is 25.0 Å². The lowest BCUT2D eigenvalue weighted by molar-refractivity contribution is 0.199. The first kappa shape index (κ1) is 11.2. The summed E-state index contributed by atoms with van der Waals surface area (Å²) in [6.07, 6.45) is 0. The average Bonchev–Trinajstić information content (AvgIpc) is 2.15. The van der Waals surface area contributed by atoms with Crippen LogP contribution in [0.15, 0.2) is 18.2 Å². The lowest BCUT2D eigenvalue weighted by Gasteiger charge is -2.08. The Labute approximate surface area is 86.3 Å². The summed E-state index contributed by atoms with van der Waals surface area (Å²) < 4.78 is 4.97. The summed E-state index contributed by atoms with van der Waals surface area (Å²) >= 11 is 0. The molecule has 78 valence electrons. The average molecular weight is 193 g/mol. The summed E-state index contributed by atoms with van der Waals surface area (Å²) in [6, 6.07) is 6.55. The normalized spacial score (nSPS) is 10.5. The molecule has 0 spiro atoms. The predicted molar refractivity (Wildman–Crippen MR) is 59.5 cm³/mol. The Morgan fingerprint density at radius 1 is 1.29 bits per heavy atom. The lowest BCUT2D eigenvalue weighted by Crippen LogP contribution is -2.19. The number of hydrogen-bond donors (Lipinski definition) is 1. The number of rotatable bonds is 5. The fourth-order valence-electron chi connectivity index (χ4n) is 1.44. The Kier molecular flexibility index (Phi) is 4.63. The van der Waals surface area contributed by atoms with Gasteiger partial charge in [-0.1, -0.05) is 23.8 Å². The van der Waals surface area contributed by atoms with E-state index in [-0.39, 0.29) is 0 Å². The Hall–Kier alpha value is -0.860. The van der Waals surface area contributed by atoms with Crippen LogP contribution in [0.5, 0.6) is 0 Å².